The minimum atomic E-state index is -0.711. The third-order valence-electron chi connectivity index (χ3n) is 5.17. The molecule has 2 N–H and O–H groups in total. The van der Waals surface area contributed by atoms with Crippen LogP contribution in [0.3, 0.4) is 0 Å². The van der Waals surface area contributed by atoms with Crippen LogP contribution in [0.25, 0.3) is 0 Å². The van der Waals surface area contributed by atoms with Gasteiger partial charge in [0, 0.05) is 11.3 Å². The molecule has 2 aliphatic rings. The molecule has 0 bridgehead atoms. The van der Waals surface area contributed by atoms with Gasteiger partial charge in [-0.1, -0.05) is 35.9 Å². The van der Waals surface area contributed by atoms with Crippen molar-refractivity contribution >= 4 is 23.6 Å². The fourth-order valence-electron chi connectivity index (χ4n) is 3.70. The molecular weight excluding hydrogens is 398 g/mol. The number of nitrogens with zero attached hydrogens (tertiary/aromatic N) is 1. The molecule has 0 unspecified atom stereocenters. The zero-order valence-electron chi connectivity index (χ0n) is 17.3. The first-order valence-corrected chi connectivity index (χ1v) is 10.0. The molecule has 0 fully saturated rings. The van der Waals surface area contributed by atoms with E-state index in [9.17, 15) is 14.4 Å². The Hall–Kier alpha value is -3.81. The number of anilines is 1. The summed E-state index contributed by atoms with van der Waals surface area (Å²) in [6.07, 6.45) is 0. The first-order valence-electron chi connectivity index (χ1n) is 10.0. The first kappa shape index (κ1) is 20.5. The van der Waals surface area contributed by atoms with E-state index in [1.54, 1.807) is 24.3 Å². The van der Waals surface area contributed by atoms with E-state index in [-0.39, 0.29) is 19.1 Å². The van der Waals surface area contributed by atoms with Crippen molar-refractivity contribution in [3.63, 3.8) is 0 Å². The van der Waals surface area contributed by atoms with Gasteiger partial charge in [-0.3, -0.25) is 9.69 Å². The van der Waals surface area contributed by atoms with Gasteiger partial charge in [-0.25, -0.2) is 9.59 Å². The summed E-state index contributed by atoms with van der Waals surface area (Å²) in [5.74, 6) is -0.318. The summed E-state index contributed by atoms with van der Waals surface area (Å²) in [6.45, 7) is 3.95. The zero-order chi connectivity index (χ0) is 22.0. The Morgan fingerprint density at radius 2 is 1.94 bits per heavy atom. The minimum Gasteiger partial charge on any atom is -0.494 e. The maximum Gasteiger partial charge on any atom is 0.338 e. The van der Waals surface area contributed by atoms with E-state index in [4.69, 9.17) is 9.47 Å². The quantitative estimate of drug-likeness (QED) is 0.699. The molecular formula is C23H23N3O5. The second kappa shape index (κ2) is 8.51. The van der Waals surface area contributed by atoms with Gasteiger partial charge in [0.25, 0.3) is 0 Å². The predicted octanol–water partition coefficient (Wildman–Crippen LogP) is 2.91. The molecule has 160 valence electrons. The van der Waals surface area contributed by atoms with Gasteiger partial charge in [-0.15, -0.1) is 0 Å². The van der Waals surface area contributed by atoms with E-state index in [1.165, 1.54) is 4.90 Å². The Balaban J connectivity index is 1.61. The second-order valence-corrected chi connectivity index (χ2v) is 7.29. The highest BCUT2D eigenvalue weighted by molar-refractivity contribution is 6.00. The van der Waals surface area contributed by atoms with E-state index >= 15 is 0 Å². The lowest BCUT2D eigenvalue weighted by Crippen LogP contribution is -2.49. The van der Waals surface area contributed by atoms with Crippen molar-refractivity contribution in [2.45, 2.75) is 19.9 Å². The number of nitrogens with one attached hydrogen (secondary N) is 2. The third-order valence-corrected chi connectivity index (χ3v) is 5.17. The van der Waals surface area contributed by atoms with Crippen molar-refractivity contribution in [1.82, 2.24) is 10.2 Å². The van der Waals surface area contributed by atoms with Crippen molar-refractivity contribution < 1.29 is 23.9 Å². The lowest BCUT2D eigenvalue weighted by molar-refractivity contribution is -0.136. The van der Waals surface area contributed by atoms with E-state index in [0.29, 0.717) is 34.9 Å². The number of hydrogen-bond donors (Lipinski definition) is 2. The van der Waals surface area contributed by atoms with Crippen LogP contribution in [-0.4, -0.2) is 42.6 Å². The van der Waals surface area contributed by atoms with E-state index in [2.05, 4.69) is 10.6 Å². The van der Waals surface area contributed by atoms with Gasteiger partial charge in [0.05, 0.1) is 23.9 Å². The number of urea groups is 1. The Labute approximate surface area is 179 Å². The van der Waals surface area contributed by atoms with E-state index < -0.39 is 18.0 Å². The molecule has 0 radical (unpaired) electrons. The van der Waals surface area contributed by atoms with Crippen molar-refractivity contribution in [3.05, 3.63) is 70.9 Å². The molecule has 1 atom stereocenters. The number of amides is 3. The largest absolute Gasteiger partial charge is 0.494 e. The number of benzene rings is 2. The Kier molecular flexibility index (Phi) is 5.62. The molecule has 3 amide bonds. The molecule has 4 rings (SSSR count). The first-order chi connectivity index (χ1) is 15.0. The normalized spacial score (nSPS) is 17.7. The fourth-order valence-corrected chi connectivity index (χ4v) is 3.70. The van der Waals surface area contributed by atoms with Gasteiger partial charge < -0.3 is 20.1 Å². The molecule has 31 heavy (non-hydrogen) atoms. The third kappa shape index (κ3) is 4.09. The summed E-state index contributed by atoms with van der Waals surface area (Å²) in [7, 11) is 0. The number of carbonyl (C=O) groups excluding carboxylic acids is 3. The maximum absolute atomic E-state index is 12.9. The molecule has 8 heteroatoms. The average Bonchev–Trinajstić information content (AvgIpc) is 3.14. The summed E-state index contributed by atoms with van der Waals surface area (Å²) in [5.41, 5.74) is 3.07. The number of para-hydroxylation sites is 1. The van der Waals surface area contributed by atoms with Crippen LogP contribution in [0, 0.1) is 6.92 Å². The highest BCUT2D eigenvalue weighted by atomic mass is 16.5. The van der Waals surface area contributed by atoms with Gasteiger partial charge in [-0.05, 0) is 32.0 Å². The Morgan fingerprint density at radius 1 is 1.19 bits per heavy atom. The van der Waals surface area contributed by atoms with Crippen molar-refractivity contribution in [3.8, 4) is 5.75 Å². The minimum absolute atomic E-state index is 0.0628. The maximum atomic E-state index is 12.9. The van der Waals surface area contributed by atoms with Crippen LogP contribution < -0.4 is 15.4 Å². The fraction of sp³-hybridized carbons (Fsp3) is 0.261. The highest BCUT2D eigenvalue weighted by Gasteiger charge is 2.43. The molecule has 2 aromatic rings. The smallest absolute Gasteiger partial charge is 0.338 e. The molecule has 2 heterocycles. The van der Waals surface area contributed by atoms with Crippen molar-refractivity contribution in [1.29, 1.82) is 0 Å². The number of aryl methyl sites for hydroxylation is 1. The van der Waals surface area contributed by atoms with Gasteiger partial charge >= 0.3 is 12.0 Å². The average molecular weight is 421 g/mol. The van der Waals surface area contributed by atoms with Gasteiger partial charge in [0.1, 0.15) is 18.9 Å². The van der Waals surface area contributed by atoms with Crippen LogP contribution in [-0.2, 0) is 14.3 Å². The van der Waals surface area contributed by atoms with Crippen LogP contribution in [0.4, 0.5) is 10.5 Å². The monoisotopic (exact) mass is 421 g/mol. The van der Waals surface area contributed by atoms with Crippen molar-refractivity contribution in [2.24, 2.45) is 0 Å². The lowest BCUT2D eigenvalue weighted by Gasteiger charge is -2.33. The number of hydrogen-bond acceptors (Lipinski definition) is 5. The van der Waals surface area contributed by atoms with Crippen molar-refractivity contribution in [2.75, 3.05) is 25.1 Å². The zero-order valence-corrected chi connectivity index (χ0v) is 17.3. The summed E-state index contributed by atoms with van der Waals surface area (Å²) in [6, 6.07) is 13.4. The molecule has 0 spiro atoms. The van der Waals surface area contributed by atoms with Crippen LogP contribution in [0.5, 0.6) is 5.75 Å². The second-order valence-electron chi connectivity index (χ2n) is 7.29. The predicted molar refractivity (Wildman–Crippen MR) is 113 cm³/mol. The number of rotatable bonds is 6. The molecule has 2 aliphatic heterocycles. The number of ether oxygens (including phenoxy) is 2. The Morgan fingerprint density at radius 3 is 2.68 bits per heavy atom. The van der Waals surface area contributed by atoms with Crippen LogP contribution in [0.2, 0.25) is 0 Å². The number of carbonyl (C=O) groups is 3. The SMILES string of the molecule is CCOc1ccccc1[C@@H]1NC(=O)N(CC(=O)Nc2ccc(C)cc2)C2=C1C(=O)OC2. The van der Waals surface area contributed by atoms with Gasteiger partial charge in [0.2, 0.25) is 5.91 Å². The topological polar surface area (TPSA) is 97.0 Å². The Bertz CT molecular complexity index is 1060. The number of esters is 1. The molecule has 0 saturated carbocycles. The molecule has 0 saturated heterocycles. The standard InChI is InChI=1S/C23H23N3O5/c1-3-30-18-7-5-4-6-16(18)21-20-17(13-31-22(20)28)26(23(29)25-21)12-19(27)24-15-10-8-14(2)9-11-15/h4-11,21H,3,12-13H2,1-2H3,(H,24,27)(H,25,29)/t21-/m0/s1. The van der Waals surface area contributed by atoms with Crippen LogP contribution in [0.1, 0.15) is 24.1 Å². The molecule has 2 aromatic carbocycles. The highest BCUT2D eigenvalue weighted by Crippen LogP contribution is 2.38. The van der Waals surface area contributed by atoms with Gasteiger partial charge in [0.15, 0.2) is 0 Å². The molecule has 0 aromatic heterocycles. The van der Waals surface area contributed by atoms with E-state index in [1.807, 2.05) is 38.1 Å². The number of cyclic esters (lactones) is 1. The lowest BCUT2D eigenvalue weighted by atomic mass is 9.95. The molecule has 0 aliphatic carbocycles. The van der Waals surface area contributed by atoms with Gasteiger partial charge in [-0.2, -0.15) is 0 Å². The summed E-state index contributed by atoms with van der Waals surface area (Å²) >= 11 is 0. The summed E-state index contributed by atoms with van der Waals surface area (Å²) in [5, 5.41) is 5.60. The summed E-state index contributed by atoms with van der Waals surface area (Å²) < 4.78 is 10.9. The molecule has 8 nitrogen and oxygen atoms in total. The summed E-state index contributed by atoms with van der Waals surface area (Å²) in [4.78, 5) is 39.3. The van der Waals surface area contributed by atoms with Crippen LogP contribution in [0.15, 0.2) is 59.8 Å². The van der Waals surface area contributed by atoms with E-state index in [0.717, 1.165) is 5.56 Å². The van der Waals surface area contributed by atoms with Crippen LogP contribution >= 0.6 is 0 Å².